The summed E-state index contributed by atoms with van der Waals surface area (Å²) >= 11 is 0. The molecule has 1 saturated heterocycles. The summed E-state index contributed by atoms with van der Waals surface area (Å²) in [7, 11) is 0. The average Bonchev–Trinajstić information content (AvgIpc) is 2.60. The Morgan fingerprint density at radius 2 is 1.65 bits per heavy atom. The fraction of sp³-hybridized carbons (Fsp3) is 0.150. The largest absolute Gasteiger partial charge is 0.336 e. The smallest absolute Gasteiger partial charge is 0.273 e. The van der Waals surface area contributed by atoms with E-state index in [1.54, 1.807) is 12.1 Å². The van der Waals surface area contributed by atoms with Crippen molar-refractivity contribution in [2.75, 3.05) is 4.90 Å². The minimum absolute atomic E-state index is 0.205. The van der Waals surface area contributed by atoms with E-state index in [0.717, 1.165) is 11.6 Å². The first-order valence-corrected chi connectivity index (χ1v) is 8.14. The van der Waals surface area contributed by atoms with Crippen molar-refractivity contribution >= 4 is 29.6 Å². The van der Waals surface area contributed by atoms with Crippen LogP contribution in [0.4, 0.5) is 14.9 Å². The molecule has 0 radical (unpaired) electrons. The highest BCUT2D eigenvalue weighted by molar-refractivity contribution is 6.39. The summed E-state index contributed by atoms with van der Waals surface area (Å²) in [6, 6.07) is 11.8. The van der Waals surface area contributed by atoms with Gasteiger partial charge in [-0.25, -0.2) is 14.1 Å². The van der Waals surface area contributed by atoms with Gasteiger partial charge < -0.3 is 0 Å². The number of amides is 4. The van der Waals surface area contributed by atoms with Crippen LogP contribution in [0.5, 0.6) is 0 Å². The molecule has 0 aliphatic carbocycles. The number of carbonyl (C=O) groups excluding carboxylic acids is 3. The van der Waals surface area contributed by atoms with Crippen molar-refractivity contribution in [3.8, 4) is 0 Å². The molecule has 1 N–H and O–H groups in total. The molecule has 0 saturated carbocycles. The first-order chi connectivity index (χ1) is 12.4. The molecule has 2 aromatic rings. The van der Waals surface area contributed by atoms with Crippen LogP contribution >= 0.6 is 0 Å². The highest BCUT2D eigenvalue weighted by Crippen LogP contribution is 2.24. The van der Waals surface area contributed by atoms with E-state index in [-0.39, 0.29) is 11.3 Å². The topological polar surface area (TPSA) is 66.5 Å². The molecule has 0 unspecified atom stereocenters. The van der Waals surface area contributed by atoms with Crippen LogP contribution in [-0.4, -0.2) is 17.8 Å². The van der Waals surface area contributed by atoms with Gasteiger partial charge >= 0.3 is 6.03 Å². The number of rotatable bonds is 3. The van der Waals surface area contributed by atoms with Crippen molar-refractivity contribution in [2.24, 2.45) is 0 Å². The average molecular weight is 352 g/mol. The summed E-state index contributed by atoms with van der Waals surface area (Å²) in [5.41, 5.74) is 1.32. The second kappa shape index (κ2) is 6.92. The van der Waals surface area contributed by atoms with E-state index < -0.39 is 23.7 Å². The minimum atomic E-state index is -0.975. The lowest BCUT2D eigenvalue weighted by Gasteiger charge is -2.26. The summed E-state index contributed by atoms with van der Waals surface area (Å²) in [6.07, 6.45) is 1.39. The summed E-state index contributed by atoms with van der Waals surface area (Å²) in [4.78, 5) is 37.5. The number of benzene rings is 2. The first-order valence-electron chi connectivity index (χ1n) is 8.14. The number of hydrogen-bond donors (Lipinski definition) is 1. The monoisotopic (exact) mass is 352 g/mol. The first kappa shape index (κ1) is 17.5. The van der Waals surface area contributed by atoms with Crippen LogP contribution < -0.4 is 10.2 Å². The zero-order chi connectivity index (χ0) is 18.8. The fourth-order valence-corrected chi connectivity index (χ4v) is 2.65. The third-order valence-corrected chi connectivity index (χ3v) is 4.11. The summed E-state index contributed by atoms with van der Waals surface area (Å²) < 4.78 is 14.0. The SMILES string of the molecule is CC(C)c1ccc(C=C2C(=O)NC(=O)N(c3ccccc3F)C2=O)cc1. The molecule has 1 aliphatic heterocycles. The second-order valence-corrected chi connectivity index (χ2v) is 6.23. The maximum Gasteiger partial charge on any atom is 0.336 e. The lowest BCUT2D eigenvalue weighted by Crippen LogP contribution is -2.54. The zero-order valence-corrected chi connectivity index (χ0v) is 14.3. The third-order valence-electron chi connectivity index (χ3n) is 4.11. The Balaban J connectivity index is 1.99. The van der Waals surface area contributed by atoms with Gasteiger partial charge in [0.2, 0.25) is 0 Å². The van der Waals surface area contributed by atoms with E-state index in [4.69, 9.17) is 0 Å². The fourth-order valence-electron chi connectivity index (χ4n) is 2.65. The Kier molecular flexibility index (Phi) is 4.67. The molecule has 3 rings (SSSR count). The molecular weight excluding hydrogens is 335 g/mol. The Morgan fingerprint density at radius 1 is 1.00 bits per heavy atom. The molecule has 0 bridgehead atoms. The third kappa shape index (κ3) is 3.26. The van der Waals surface area contributed by atoms with Gasteiger partial charge in [-0.3, -0.25) is 14.9 Å². The normalized spacial score (nSPS) is 16.4. The summed E-state index contributed by atoms with van der Waals surface area (Å²) in [5, 5.41) is 2.08. The van der Waals surface area contributed by atoms with E-state index in [1.807, 2.05) is 12.1 Å². The van der Waals surface area contributed by atoms with Crippen molar-refractivity contribution in [2.45, 2.75) is 19.8 Å². The van der Waals surface area contributed by atoms with E-state index in [1.165, 1.54) is 24.3 Å². The highest BCUT2D eigenvalue weighted by Gasteiger charge is 2.37. The van der Waals surface area contributed by atoms with Crippen molar-refractivity contribution in [1.29, 1.82) is 0 Å². The molecule has 1 heterocycles. The number of halogens is 1. The van der Waals surface area contributed by atoms with Gasteiger partial charge in [0.15, 0.2) is 0 Å². The quantitative estimate of drug-likeness (QED) is 0.678. The predicted molar refractivity (Wildman–Crippen MR) is 95.9 cm³/mol. The lowest BCUT2D eigenvalue weighted by atomic mass is 10.0. The van der Waals surface area contributed by atoms with Crippen LogP contribution in [-0.2, 0) is 9.59 Å². The molecule has 1 fully saturated rings. The van der Waals surface area contributed by atoms with Crippen LogP contribution in [0.2, 0.25) is 0 Å². The van der Waals surface area contributed by atoms with Crippen LogP contribution in [0.3, 0.4) is 0 Å². The molecule has 132 valence electrons. The summed E-state index contributed by atoms with van der Waals surface area (Å²) in [6.45, 7) is 4.12. The lowest BCUT2D eigenvalue weighted by molar-refractivity contribution is -0.122. The van der Waals surface area contributed by atoms with Gasteiger partial charge in [-0.05, 0) is 35.3 Å². The van der Waals surface area contributed by atoms with Crippen molar-refractivity contribution in [3.05, 3.63) is 71.0 Å². The standard InChI is InChI=1S/C20H17FN2O3/c1-12(2)14-9-7-13(8-10-14)11-15-18(24)22-20(26)23(19(15)25)17-6-4-3-5-16(17)21/h3-12H,1-2H3,(H,22,24,26). The van der Waals surface area contributed by atoms with Crippen molar-refractivity contribution < 1.29 is 18.8 Å². The van der Waals surface area contributed by atoms with Gasteiger partial charge in [0.25, 0.3) is 11.8 Å². The van der Waals surface area contributed by atoms with Crippen LogP contribution in [0, 0.1) is 5.82 Å². The minimum Gasteiger partial charge on any atom is -0.273 e. The van der Waals surface area contributed by atoms with Gasteiger partial charge in [-0.15, -0.1) is 0 Å². The van der Waals surface area contributed by atoms with Gasteiger partial charge in [-0.2, -0.15) is 0 Å². The molecule has 1 aliphatic rings. The Hall–Kier alpha value is -3.28. The Labute approximate surface area is 150 Å². The number of nitrogens with one attached hydrogen (secondary N) is 1. The number of carbonyl (C=O) groups is 3. The molecule has 0 atom stereocenters. The molecule has 6 heteroatoms. The van der Waals surface area contributed by atoms with Crippen molar-refractivity contribution in [1.82, 2.24) is 5.32 Å². The number of hydrogen-bond acceptors (Lipinski definition) is 3. The highest BCUT2D eigenvalue weighted by atomic mass is 19.1. The van der Waals surface area contributed by atoms with Gasteiger partial charge in [0.1, 0.15) is 11.4 Å². The predicted octanol–water partition coefficient (Wildman–Crippen LogP) is 3.62. The van der Waals surface area contributed by atoms with Gasteiger partial charge in [0.05, 0.1) is 5.69 Å². The molecule has 2 aromatic carbocycles. The second-order valence-electron chi connectivity index (χ2n) is 6.23. The van der Waals surface area contributed by atoms with E-state index in [2.05, 4.69) is 19.2 Å². The van der Waals surface area contributed by atoms with E-state index >= 15 is 0 Å². The number of barbiturate groups is 1. The Bertz CT molecular complexity index is 917. The molecular formula is C20H17FN2O3. The molecule has 4 amide bonds. The summed E-state index contributed by atoms with van der Waals surface area (Å²) in [5.74, 6) is -2.05. The maximum atomic E-state index is 14.0. The molecule has 5 nitrogen and oxygen atoms in total. The van der Waals surface area contributed by atoms with E-state index in [0.29, 0.717) is 16.4 Å². The van der Waals surface area contributed by atoms with E-state index in [9.17, 15) is 18.8 Å². The number of nitrogens with zero attached hydrogens (tertiary/aromatic N) is 1. The number of urea groups is 1. The molecule has 0 aromatic heterocycles. The van der Waals surface area contributed by atoms with Crippen LogP contribution in [0.25, 0.3) is 6.08 Å². The number of imide groups is 2. The van der Waals surface area contributed by atoms with Gasteiger partial charge in [0, 0.05) is 0 Å². The van der Waals surface area contributed by atoms with Crippen LogP contribution in [0.1, 0.15) is 30.9 Å². The molecule has 0 spiro atoms. The van der Waals surface area contributed by atoms with Gasteiger partial charge in [-0.1, -0.05) is 50.2 Å². The zero-order valence-electron chi connectivity index (χ0n) is 14.3. The van der Waals surface area contributed by atoms with Crippen molar-refractivity contribution in [3.63, 3.8) is 0 Å². The molecule has 26 heavy (non-hydrogen) atoms. The maximum absolute atomic E-state index is 14.0. The van der Waals surface area contributed by atoms with Crippen LogP contribution in [0.15, 0.2) is 54.1 Å². The Morgan fingerprint density at radius 3 is 2.27 bits per heavy atom. The number of para-hydroxylation sites is 1. The number of anilines is 1.